The summed E-state index contributed by atoms with van der Waals surface area (Å²) in [4.78, 5) is 11.8. The van der Waals surface area contributed by atoms with Crippen LogP contribution < -0.4 is 0 Å². The molecule has 25 heavy (non-hydrogen) atoms. The van der Waals surface area contributed by atoms with Gasteiger partial charge in [0.05, 0.1) is 0 Å². The van der Waals surface area contributed by atoms with E-state index in [1.165, 1.54) is 45.7 Å². The molecule has 0 radical (unpaired) electrons. The summed E-state index contributed by atoms with van der Waals surface area (Å²) in [7, 11) is 10.6. The predicted molar refractivity (Wildman–Crippen MR) is 115 cm³/mol. The van der Waals surface area contributed by atoms with Crippen molar-refractivity contribution < 1.29 is 0 Å². The molecule has 0 bridgehead atoms. The number of hydrogen-bond acceptors (Lipinski definition) is 5. The van der Waals surface area contributed by atoms with E-state index < -0.39 is 0 Å². The highest BCUT2D eigenvalue weighted by molar-refractivity contribution is 4.57. The van der Waals surface area contributed by atoms with Crippen LogP contribution in [-0.4, -0.2) is 125 Å². The van der Waals surface area contributed by atoms with Gasteiger partial charge >= 0.3 is 0 Å². The fourth-order valence-electron chi connectivity index (χ4n) is 2.45. The Balaban J connectivity index is 0. The van der Waals surface area contributed by atoms with Crippen molar-refractivity contribution in [3.8, 4) is 0 Å². The third-order valence-electron chi connectivity index (χ3n) is 4.60. The highest BCUT2D eigenvalue weighted by Gasteiger charge is 2.01. The van der Waals surface area contributed by atoms with Crippen LogP contribution in [0.2, 0.25) is 0 Å². The maximum atomic E-state index is 2.49. The zero-order valence-corrected chi connectivity index (χ0v) is 19.0. The molecule has 0 N–H and O–H groups in total. The van der Waals surface area contributed by atoms with E-state index in [4.69, 9.17) is 0 Å². The third kappa shape index (κ3) is 20.0. The molecule has 0 aromatic heterocycles. The topological polar surface area (TPSA) is 16.2 Å². The Bertz CT molecular complexity index is 226. The molecule has 0 rings (SSSR count). The van der Waals surface area contributed by atoms with Crippen LogP contribution in [0.15, 0.2) is 0 Å². The molecular weight excluding hydrogens is 310 g/mol. The number of rotatable bonds is 14. The molecule has 0 aliphatic rings. The summed E-state index contributed by atoms with van der Waals surface area (Å²) in [5.41, 5.74) is 0. The predicted octanol–water partition coefficient (Wildman–Crippen LogP) is 2.10. The molecule has 154 valence electrons. The molecule has 0 saturated carbocycles. The molecule has 5 nitrogen and oxygen atoms in total. The number of nitrogens with zero attached hydrogens (tertiary/aromatic N) is 5. The van der Waals surface area contributed by atoms with Crippen LogP contribution >= 0.6 is 0 Å². The summed E-state index contributed by atoms with van der Waals surface area (Å²) < 4.78 is 0. The summed E-state index contributed by atoms with van der Waals surface area (Å²) in [6, 6.07) is 0. The third-order valence-corrected chi connectivity index (χ3v) is 4.60. The first-order valence-corrected chi connectivity index (χ1v) is 10.2. The lowest BCUT2D eigenvalue weighted by Gasteiger charge is -2.21. The van der Waals surface area contributed by atoms with Crippen molar-refractivity contribution >= 4 is 0 Å². The smallest absolute Gasteiger partial charge is 0.0107 e. The average molecular weight is 360 g/mol. The molecule has 0 amide bonds. The maximum Gasteiger partial charge on any atom is 0.0107 e. The quantitative estimate of drug-likeness (QED) is 0.471. The molecule has 0 spiro atoms. The van der Waals surface area contributed by atoms with Crippen LogP contribution in [0, 0.1) is 0 Å². The Hall–Kier alpha value is -0.200. The van der Waals surface area contributed by atoms with Crippen molar-refractivity contribution in [3.05, 3.63) is 0 Å². The van der Waals surface area contributed by atoms with Crippen molar-refractivity contribution in [1.82, 2.24) is 24.5 Å². The second kappa shape index (κ2) is 18.6. The van der Waals surface area contributed by atoms with Crippen molar-refractivity contribution in [2.45, 2.75) is 34.1 Å². The van der Waals surface area contributed by atoms with Gasteiger partial charge in [-0.1, -0.05) is 27.7 Å². The zero-order valence-electron chi connectivity index (χ0n) is 19.0. The van der Waals surface area contributed by atoms with Crippen molar-refractivity contribution in [1.29, 1.82) is 0 Å². The lowest BCUT2D eigenvalue weighted by molar-refractivity contribution is 0.250. The Morgan fingerprint density at radius 3 is 1.00 bits per heavy atom. The van der Waals surface area contributed by atoms with Crippen LogP contribution in [0.5, 0.6) is 0 Å². The Morgan fingerprint density at radius 2 is 0.760 bits per heavy atom. The molecule has 0 heterocycles. The minimum atomic E-state index is 1.14. The molecule has 0 aromatic rings. The van der Waals surface area contributed by atoms with Crippen LogP contribution in [-0.2, 0) is 0 Å². The van der Waals surface area contributed by atoms with Gasteiger partial charge in [0, 0.05) is 26.2 Å². The first-order chi connectivity index (χ1) is 11.8. The van der Waals surface area contributed by atoms with Gasteiger partial charge in [-0.05, 0) is 80.9 Å². The van der Waals surface area contributed by atoms with Crippen LogP contribution in [0.3, 0.4) is 0 Å². The Labute approximate surface area is 159 Å². The van der Waals surface area contributed by atoms with Gasteiger partial charge in [0.1, 0.15) is 0 Å². The van der Waals surface area contributed by atoms with Gasteiger partial charge in [-0.2, -0.15) is 0 Å². The van der Waals surface area contributed by atoms with E-state index in [-0.39, 0.29) is 0 Å². The number of hydrogen-bond donors (Lipinski definition) is 0. The molecule has 0 fully saturated rings. The normalized spacial score (nSPS) is 11.8. The highest BCUT2D eigenvalue weighted by atomic mass is 15.2. The largest absolute Gasteiger partial charge is 0.308 e. The second-order valence-corrected chi connectivity index (χ2v) is 7.32. The van der Waals surface area contributed by atoms with Crippen LogP contribution in [0.1, 0.15) is 34.1 Å². The van der Waals surface area contributed by atoms with Crippen LogP contribution in [0.25, 0.3) is 0 Å². The minimum absolute atomic E-state index is 1.14. The first-order valence-electron chi connectivity index (χ1n) is 10.2. The molecule has 0 aliphatic carbocycles. The Kier molecular flexibility index (Phi) is 20.1. The molecule has 0 atom stereocenters. The van der Waals surface area contributed by atoms with Crippen molar-refractivity contribution in [2.24, 2.45) is 0 Å². The summed E-state index contributed by atoms with van der Waals surface area (Å²) in [5.74, 6) is 0. The summed E-state index contributed by atoms with van der Waals surface area (Å²) >= 11 is 0. The van der Waals surface area contributed by atoms with Gasteiger partial charge in [-0.15, -0.1) is 0 Å². The number of likely N-dealkylation sites (N-methyl/N-ethyl adjacent to an activating group) is 3. The van der Waals surface area contributed by atoms with Gasteiger partial charge < -0.3 is 24.5 Å². The van der Waals surface area contributed by atoms with Crippen molar-refractivity contribution in [3.63, 3.8) is 0 Å². The SMILES string of the molecule is CCN(CC)CCCN(CC)CC.CN(C)CCN(C)CCN(C)C. The lowest BCUT2D eigenvalue weighted by atomic mass is 10.3. The monoisotopic (exact) mass is 359 g/mol. The lowest BCUT2D eigenvalue weighted by Crippen LogP contribution is -2.33. The Morgan fingerprint density at radius 1 is 0.440 bits per heavy atom. The summed E-state index contributed by atoms with van der Waals surface area (Å²) in [6.45, 7) is 20.8. The standard InChI is InChI=1S/C11H26N2.C9H23N3/c1-5-12(6-2)10-9-11-13(7-3)8-4;1-10(2)6-8-12(5)9-7-11(3)4/h5-11H2,1-4H3;6-9H2,1-5H3. The summed E-state index contributed by atoms with van der Waals surface area (Å²) in [6.07, 6.45) is 1.31. The molecule has 0 unspecified atom stereocenters. The molecule has 0 aliphatic heterocycles. The molecule has 5 heteroatoms. The van der Waals surface area contributed by atoms with E-state index in [1.807, 2.05) is 0 Å². The van der Waals surface area contributed by atoms with Gasteiger partial charge in [-0.25, -0.2) is 0 Å². The molecular formula is C20H49N5. The fraction of sp³-hybridized carbons (Fsp3) is 1.00. The van der Waals surface area contributed by atoms with E-state index in [0.717, 1.165) is 26.2 Å². The second-order valence-electron chi connectivity index (χ2n) is 7.32. The summed E-state index contributed by atoms with van der Waals surface area (Å²) in [5, 5.41) is 0. The first kappa shape index (κ1) is 27.0. The van der Waals surface area contributed by atoms with E-state index in [1.54, 1.807) is 0 Å². The van der Waals surface area contributed by atoms with Crippen molar-refractivity contribution in [2.75, 3.05) is 101 Å². The average Bonchev–Trinajstić information content (AvgIpc) is 2.59. The zero-order chi connectivity index (χ0) is 19.7. The molecule has 0 saturated heterocycles. The van der Waals surface area contributed by atoms with Gasteiger partial charge in [0.15, 0.2) is 0 Å². The van der Waals surface area contributed by atoms with Gasteiger partial charge in [0.25, 0.3) is 0 Å². The van der Waals surface area contributed by atoms with E-state index in [9.17, 15) is 0 Å². The van der Waals surface area contributed by atoms with E-state index >= 15 is 0 Å². The van der Waals surface area contributed by atoms with Gasteiger partial charge in [-0.3, -0.25) is 0 Å². The van der Waals surface area contributed by atoms with E-state index in [0.29, 0.717) is 0 Å². The van der Waals surface area contributed by atoms with Gasteiger partial charge in [0.2, 0.25) is 0 Å². The fourth-order valence-corrected chi connectivity index (χ4v) is 2.45. The molecule has 0 aromatic carbocycles. The minimum Gasteiger partial charge on any atom is -0.308 e. The maximum absolute atomic E-state index is 2.49. The highest BCUT2D eigenvalue weighted by Crippen LogP contribution is 1.94. The van der Waals surface area contributed by atoms with E-state index in [2.05, 4.69) is 87.4 Å². The van der Waals surface area contributed by atoms with Crippen LogP contribution in [0.4, 0.5) is 0 Å².